The highest BCUT2D eigenvalue weighted by molar-refractivity contribution is 5.79. The van der Waals surface area contributed by atoms with Crippen LogP contribution in [0, 0.1) is 6.92 Å². The molecule has 2 aromatic carbocycles. The Bertz CT molecular complexity index is 1460. The lowest BCUT2D eigenvalue weighted by molar-refractivity contribution is 0.0865. The number of piperidine rings is 1. The van der Waals surface area contributed by atoms with Crippen LogP contribution in [0.2, 0.25) is 0 Å². The summed E-state index contributed by atoms with van der Waals surface area (Å²) in [5.41, 5.74) is 5.59. The maximum Gasteiger partial charge on any atom is 0.410 e. The number of hydrogen-bond acceptors (Lipinski definition) is 6. The lowest BCUT2D eigenvalue weighted by atomic mass is 9.96. The number of hydrogen-bond donors (Lipinski definition) is 0. The van der Waals surface area contributed by atoms with Gasteiger partial charge in [-0.2, -0.15) is 0 Å². The second-order valence-corrected chi connectivity index (χ2v) is 9.76. The van der Waals surface area contributed by atoms with Crippen molar-refractivity contribution in [2.24, 2.45) is 7.05 Å². The van der Waals surface area contributed by atoms with Gasteiger partial charge in [-0.15, -0.1) is 0 Å². The highest BCUT2D eigenvalue weighted by atomic mass is 16.7. The van der Waals surface area contributed by atoms with Crippen molar-refractivity contribution in [2.75, 3.05) is 19.9 Å². The highest BCUT2D eigenvalue weighted by Crippen LogP contribution is 2.40. The molecule has 1 fully saturated rings. The van der Waals surface area contributed by atoms with Crippen molar-refractivity contribution in [3.63, 3.8) is 0 Å². The first-order valence-electron chi connectivity index (χ1n) is 12.9. The van der Waals surface area contributed by atoms with Gasteiger partial charge in [-0.1, -0.05) is 36.4 Å². The predicted molar refractivity (Wildman–Crippen MR) is 143 cm³/mol. The Morgan fingerprint density at radius 2 is 1.76 bits per heavy atom. The fourth-order valence-electron chi connectivity index (χ4n) is 5.23. The van der Waals surface area contributed by atoms with Crippen molar-refractivity contribution in [2.45, 2.75) is 32.3 Å². The van der Waals surface area contributed by atoms with Crippen LogP contribution < -0.4 is 9.47 Å². The molecule has 0 unspecified atom stereocenters. The molecular formula is C30H30N4O4. The first-order chi connectivity index (χ1) is 18.6. The van der Waals surface area contributed by atoms with E-state index in [1.807, 2.05) is 73.7 Å². The Hall–Kier alpha value is -4.33. The van der Waals surface area contributed by atoms with Gasteiger partial charge in [0.25, 0.3) is 0 Å². The Morgan fingerprint density at radius 3 is 2.55 bits per heavy atom. The molecule has 4 aromatic rings. The Labute approximate surface area is 221 Å². The molecule has 38 heavy (non-hydrogen) atoms. The standard InChI is InChI=1S/C30H30N4O4/c1-20-7-6-10-24(31-20)28-27(23-11-12-25-26(17-23)38-19-37-25)32-29(33(28)2)22-13-15-34(16-14-22)30(35)36-18-21-8-4-3-5-9-21/h3-12,17,22H,13-16,18-19H2,1-2H3. The van der Waals surface area contributed by atoms with Crippen molar-refractivity contribution in [3.8, 4) is 34.1 Å². The van der Waals surface area contributed by atoms with Gasteiger partial charge in [-0.3, -0.25) is 4.98 Å². The Balaban J connectivity index is 1.24. The van der Waals surface area contributed by atoms with Crippen LogP contribution in [-0.4, -0.2) is 45.4 Å². The van der Waals surface area contributed by atoms with Crippen molar-refractivity contribution in [1.29, 1.82) is 0 Å². The molecule has 0 bridgehead atoms. The number of carbonyl (C=O) groups excluding carboxylic acids is 1. The summed E-state index contributed by atoms with van der Waals surface area (Å²) in [6.07, 6.45) is 1.36. The zero-order valence-corrected chi connectivity index (χ0v) is 21.6. The maximum absolute atomic E-state index is 12.7. The molecule has 0 aliphatic carbocycles. The monoisotopic (exact) mass is 510 g/mol. The van der Waals surface area contributed by atoms with E-state index in [2.05, 4.69) is 11.6 Å². The summed E-state index contributed by atoms with van der Waals surface area (Å²) in [5.74, 6) is 2.67. The molecule has 4 heterocycles. The normalized spacial score (nSPS) is 15.1. The topological polar surface area (TPSA) is 78.7 Å². The number of amides is 1. The van der Waals surface area contributed by atoms with E-state index >= 15 is 0 Å². The molecular weight excluding hydrogens is 480 g/mol. The predicted octanol–water partition coefficient (Wildman–Crippen LogP) is 5.70. The largest absolute Gasteiger partial charge is 0.454 e. The number of likely N-dealkylation sites (tertiary alicyclic amines) is 1. The summed E-state index contributed by atoms with van der Waals surface area (Å²) in [6, 6.07) is 21.7. The van der Waals surface area contributed by atoms with E-state index in [1.54, 1.807) is 4.90 Å². The molecule has 8 heteroatoms. The van der Waals surface area contributed by atoms with Gasteiger partial charge in [0.15, 0.2) is 11.5 Å². The van der Waals surface area contributed by atoms with Crippen molar-refractivity contribution < 1.29 is 19.0 Å². The minimum absolute atomic E-state index is 0.212. The van der Waals surface area contributed by atoms with E-state index < -0.39 is 0 Å². The van der Waals surface area contributed by atoms with Gasteiger partial charge >= 0.3 is 6.09 Å². The molecule has 194 valence electrons. The SMILES string of the molecule is Cc1cccc(-c2c(-c3ccc4c(c3)OCO4)nc(C3CCN(C(=O)OCc4ccccc4)CC3)n2C)n1. The van der Waals surface area contributed by atoms with Crippen LogP contribution >= 0.6 is 0 Å². The van der Waals surface area contributed by atoms with E-state index in [4.69, 9.17) is 24.2 Å². The van der Waals surface area contributed by atoms with Crippen LogP contribution in [0.5, 0.6) is 11.5 Å². The molecule has 8 nitrogen and oxygen atoms in total. The quantitative estimate of drug-likeness (QED) is 0.343. The van der Waals surface area contributed by atoms with Crippen molar-refractivity contribution in [1.82, 2.24) is 19.4 Å². The van der Waals surface area contributed by atoms with E-state index in [0.717, 1.165) is 64.1 Å². The van der Waals surface area contributed by atoms with Crippen LogP contribution in [0.3, 0.4) is 0 Å². The highest BCUT2D eigenvalue weighted by Gasteiger charge is 2.30. The van der Waals surface area contributed by atoms with Crippen LogP contribution in [0.4, 0.5) is 4.79 Å². The first kappa shape index (κ1) is 24.0. The summed E-state index contributed by atoms with van der Waals surface area (Å²) in [6.45, 7) is 3.76. The number of imidazole rings is 1. The zero-order valence-electron chi connectivity index (χ0n) is 21.6. The third kappa shape index (κ3) is 4.69. The van der Waals surface area contributed by atoms with Crippen molar-refractivity contribution >= 4 is 6.09 Å². The van der Waals surface area contributed by atoms with Crippen LogP contribution in [0.1, 0.15) is 35.8 Å². The van der Waals surface area contributed by atoms with Gasteiger partial charge in [0.05, 0.1) is 17.1 Å². The maximum atomic E-state index is 12.7. The second kappa shape index (κ2) is 10.2. The number of fused-ring (bicyclic) bond motifs is 1. The molecule has 0 spiro atoms. The fourth-order valence-corrected chi connectivity index (χ4v) is 5.23. The molecule has 2 aromatic heterocycles. The van der Waals surface area contributed by atoms with Gasteiger partial charge < -0.3 is 23.7 Å². The number of pyridine rings is 1. The molecule has 0 saturated carbocycles. The molecule has 1 saturated heterocycles. The van der Waals surface area contributed by atoms with Crippen LogP contribution in [-0.2, 0) is 18.4 Å². The molecule has 0 atom stereocenters. The number of carbonyl (C=O) groups is 1. The Kier molecular flexibility index (Phi) is 6.45. The zero-order chi connectivity index (χ0) is 26.1. The number of rotatable bonds is 5. The lowest BCUT2D eigenvalue weighted by Crippen LogP contribution is -2.38. The third-order valence-corrected chi connectivity index (χ3v) is 7.23. The summed E-state index contributed by atoms with van der Waals surface area (Å²) in [5, 5.41) is 0. The van der Waals surface area contributed by atoms with Crippen molar-refractivity contribution in [3.05, 3.63) is 83.8 Å². The summed E-state index contributed by atoms with van der Waals surface area (Å²) < 4.78 is 18.9. The van der Waals surface area contributed by atoms with Gasteiger partial charge in [-0.05, 0) is 55.7 Å². The number of aryl methyl sites for hydroxylation is 1. The summed E-state index contributed by atoms with van der Waals surface area (Å²) in [4.78, 5) is 24.5. The summed E-state index contributed by atoms with van der Waals surface area (Å²) >= 11 is 0. The molecule has 0 radical (unpaired) electrons. The van der Waals surface area contributed by atoms with Crippen LogP contribution in [0.25, 0.3) is 22.6 Å². The summed E-state index contributed by atoms with van der Waals surface area (Å²) in [7, 11) is 2.05. The third-order valence-electron chi connectivity index (χ3n) is 7.23. The average Bonchev–Trinajstić information content (AvgIpc) is 3.56. The van der Waals surface area contributed by atoms with Crippen LogP contribution in [0.15, 0.2) is 66.7 Å². The molecule has 1 amide bonds. The molecule has 0 N–H and O–H groups in total. The van der Waals surface area contributed by atoms with Gasteiger partial charge in [0.1, 0.15) is 12.4 Å². The minimum atomic E-state index is -0.266. The number of nitrogens with zero attached hydrogens (tertiary/aromatic N) is 4. The Morgan fingerprint density at radius 1 is 0.974 bits per heavy atom. The molecule has 2 aliphatic rings. The van der Waals surface area contributed by atoms with Gasteiger partial charge in [-0.25, -0.2) is 9.78 Å². The van der Waals surface area contributed by atoms with E-state index in [0.29, 0.717) is 13.1 Å². The number of ether oxygens (including phenoxy) is 3. The first-order valence-corrected chi connectivity index (χ1v) is 12.9. The average molecular weight is 511 g/mol. The molecule has 2 aliphatic heterocycles. The van der Waals surface area contributed by atoms with Gasteiger partial charge in [0.2, 0.25) is 6.79 Å². The molecule has 6 rings (SSSR count). The lowest BCUT2D eigenvalue weighted by Gasteiger charge is -2.31. The van der Waals surface area contributed by atoms with E-state index in [-0.39, 0.29) is 25.4 Å². The minimum Gasteiger partial charge on any atom is -0.454 e. The second-order valence-electron chi connectivity index (χ2n) is 9.76. The number of benzene rings is 2. The number of aromatic nitrogens is 3. The smallest absolute Gasteiger partial charge is 0.410 e. The van der Waals surface area contributed by atoms with Gasteiger partial charge in [0, 0.05) is 37.3 Å². The van der Waals surface area contributed by atoms with E-state index in [1.165, 1.54) is 0 Å². The fraction of sp³-hybridized carbons (Fsp3) is 0.300. The van der Waals surface area contributed by atoms with E-state index in [9.17, 15) is 4.79 Å².